The molecule has 0 aromatic carbocycles. The molecule has 0 radical (unpaired) electrons. The summed E-state index contributed by atoms with van der Waals surface area (Å²) >= 11 is 3.56. The second kappa shape index (κ2) is 6.63. The second-order valence-corrected chi connectivity index (χ2v) is 7.13. The van der Waals surface area contributed by atoms with Crippen molar-refractivity contribution in [1.29, 1.82) is 0 Å². The van der Waals surface area contributed by atoms with Gasteiger partial charge in [-0.3, -0.25) is 4.90 Å². The van der Waals surface area contributed by atoms with Crippen LogP contribution in [-0.4, -0.2) is 48.1 Å². The molecule has 0 amide bonds. The first-order valence-electron chi connectivity index (χ1n) is 8.04. The van der Waals surface area contributed by atoms with Crippen molar-refractivity contribution in [2.75, 3.05) is 31.1 Å². The Balaban J connectivity index is 1.73. The number of hydrogen-bond acceptors (Lipinski definition) is 4. The Morgan fingerprint density at radius 2 is 2.19 bits per heavy atom. The maximum absolute atomic E-state index is 4.71. The Hall–Kier alpha value is -0.650. The standard InChI is InChI=1S/C16H25BrN4/c1-3-20-6-7-21(11-12(20)2)16-13(8-14(17)10-19-16)9-18-15-4-5-15/h8,10,12,15,18H,3-7,9,11H2,1-2H3. The first-order valence-corrected chi connectivity index (χ1v) is 8.83. The molecule has 5 heteroatoms. The van der Waals surface area contributed by atoms with Crippen LogP contribution in [0.5, 0.6) is 0 Å². The Morgan fingerprint density at radius 1 is 1.38 bits per heavy atom. The van der Waals surface area contributed by atoms with Crippen molar-refractivity contribution in [3.8, 4) is 0 Å². The van der Waals surface area contributed by atoms with Crippen molar-refractivity contribution in [3.63, 3.8) is 0 Å². The molecule has 3 rings (SSSR count). The van der Waals surface area contributed by atoms with Crippen LogP contribution in [-0.2, 0) is 6.54 Å². The van der Waals surface area contributed by atoms with E-state index in [9.17, 15) is 0 Å². The van der Waals surface area contributed by atoms with Crippen LogP contribution in [0, 0.1) is 0 Å². The summed E-state index contributed by atoms with van der Waals surface area (Å²) in [6.07, 6.45) is 4.57. The minimum Gasteiger partial charge on any atom is -0.354 e. The average Bonchev–Trinajstić information content (AvgIpc) is 3.29. The molecule has 1 N–H and O–H groups in total. The summed E-state index contributed by atoms with van der Waals surface area (Å²) in [4.78, 5) is 9.70. The van der Waals surface area contributed by atoms with Gasteiger partial charge in [0.25, 0.3) is 0 Å². The summed E-state index contributed by atoms with van der Waals surface area (Å²) in [5.41, 5.74) is 1.31. The van der Waals surface area contributed by atoms with E-state index in [0.717, 1.165) is 49.1 Å². The predicted octanol–water partition coefficient (Wildman–Crippen LogP) is 2.63. The SMILES string of the molecule is CCN1CCN(c2ncc(Br)cc2CNC2CC2)CC1C. The zero-order valence-corrected chi connectivity index (χ0v) is 14.6. The van der Waals surface area contributed by atoms with Gasteiger partial charge in [0.15, 0.2) is 0 Å². The number of nitrogens with zero attached hydrogens (tertiary/aromatic N) is 3. The Morgan fingerprint density at radius 3 is 2.86 bits per heavy atom. The lowest BCUT2D eigenvalue weighted by molar-refractivity contribution is 0.199. The number of hydrogen-bond donors (Lipinski definition) is 1. The van der Waals surface area contributed by atoms with E-state index in [1.807, 2.05) is 6.20 Å². The highest BCUT2D eigenvalue weighted by molar-refractivity contribution is 9.10. The van der Waals surface area contributed by atoms with Crippen LogP contribution >= 0.6 is 15.9 Å². The highest BCUT2D eigenvalue weighted by Crippen LogP contribution is 2.26. The third-order valence-electron chi connectivity index (χ3n) is 4.54. The summed E-state index contributed by atoms with van der Waals surface area (Å²) in [6.45, 7) is 9.90. The first kappa shape index (κ1) is 15.3. The molecule has 2 fully saturated rings. The van der Waals surface area contributed by atoms with Gasteiger partial charge in [-0.05, 0) is 48.3 Å². The van der Waals surface area contributed by atoms with Crippen molar-refractivity contribution in [1.82, 2.24) is 15.2 Å². The molecule has 1 atom stereocenters. The Labute approximate surface area is 136 Å². The lowest BCUT2D eigenvalue weighted by atomic mass is 10.1. The van der Waals surface area contributed by atoms with Crippen molar-refractivity contribution in [2.24, 2.45) is 0 Å². The smallest absolute Gasteiger partial charge is 0.133 e. The minimum absolute atomic E-state index is 0.596. The van der Waals surface area contributed by atoms with Gasteiger partial charge in [-0.15, -0.1) is 0 Å². The number of piperazine rings is 1. The lowest BCUT2D eigenvalue weighted by Gasteiger charge is -2.40. The first-order chi connectivity index (χ1) is 10.2. The summed E-state index contributed by atoms with van der Waals surface area (Å²) in [7, 11) is 0. The molecule has 1 saturated carbocycles. The van der Waals surface area contributed by atoms with Crippen molar-refractivity contribution in [3.05, 3.63) is 22.3 Å². The van der Waals surface area contributed by atoms with Crippen LogP contribution in [0.1, 0.15) is 32.3 Å². The summed E-state index contributed by atoms with van der Waals surface area (Å²) in [6, 6.07) is 3.54. The number of halogens is 1. The van der Waals surface area contributed by atoms with Crippen molar-refractivity contribution < 1.29 is 0 Å². The van der Waals surface area contributed by atoms with Gasteiger partial charge < -0.3 is 10.2 Å². The Kier molecular flexibility index (Phi) is 4.82. The van der Waals surface area contributed by atoms with Gasteiger partial charge >= 0.3 is 0 Å². The fourth-order valence-corrected chi connectivity index (χ4v) is 3.47. The van der Waals surface area contributed by atoms with Crippen LogP contribution in [0.2, 0.25) is 0 Å². The third-order valence-corrected chi connectivity index (χ3v) is 4.97. The molecule has 2 aliphatic rings. The topological polar surface area (TPSA) is 31.4 Å². The molecular weight excluding hydrogens is 328 g/mol. The highest BCUT2D eigenvalue weighted by Gasteiger charge is 2.26. The fraction of sp³-hybridized carbons (Fsp3) is 0.688. The van der Waals surface area contributed by atoms with Crippen LogP contribution in [0.4, 0.5) is 5.82 Å². The van der Waals surface area contributed by atoms with Gasteiger partial charge in [0.2, 0.25) is 0 Å². The normalized spacial score (nSPS) is 23.6. The van der Waals surface area contributed by atoms with Crippen molar-refractivity contribution in [2.45, 2.75) is 45.3 Å². The van der Waals surface area contributed by atoms with Crippen LogP contribution in [0.3, 0.4) is 0 Å². The van der Waals surface area contributed by atoms with Gasteiger partial charge in [0.05, 0.1) is 0 Å². The van der Waals surface area contributed by atoms with E-state index in [-0.39, 0.29) is 0 Å². The van der Waals surface area contributed by atoms with Crippen LogP contribution in [0.25, 0.3) is 0 Å². The second-order valence-electron chi connectivity index (χ2n) is 6.22. The summed E-state index contributed by atoms with van der Waals surface area (Å²) < 4.78 is 1.07. The lowest BCUT2D eigenvalue weighted by Crippen LogP contribution is -2.52. The predicted molar refractivity (Wildman–Crippen MR) is 90.7 cm³/mol. The Bertz CT molecular complexity index is 489. The van der Waals surface area contributed by atoms with E-state index in [1.54, 1.807) is 0 Å². The molecule has 0 spiro atoms. The van der Waals surface area contributed by atoms with E-state index >= 15 is 0 Å². The largest absolute Gasteiger partial charge is 0.354 e. The molecule has 4 nitrogen and oxygen atoms in total. The molecule has 21 heavy (non-hydrogen) atoms. The summed E-state index contributed by atoms with van der Waals surface area (Å²) in [5.74, 6) is 1.16. The number of nitrogens with one attached hydrogen (secondary N) is 1. The highest BCUT2D eigenvalue weighted by atomic mass is 79.9. The number of rotatable bonds is 5. The number of aromatic nitrogens is 1. The minimum atomic E-state index is 0.596. The zero-order chi connectivity index (χ0) is 14.8. The molecule has 0 bridgehead atoms. The van der Waals surface area contributed by atoms with Gasteiger partial charge in [-0.2, -0.15) is 0 Å². The molecule has 1 aromatic heterocycles. The molecule has 116 valence electrons. The molecule has 1 saturated heterocycles. The molecular formula is C16H25BrN4. The van der Waals surface area contributed by atoms with Gasteiger partial charge in [-0.1, -0.05) is 6.92 Å². The molecule has 1 aliphatic carbocycles. The van der Waals surface area contributed by atoms with E-state index in [2.05, 4.69) is 51.0 Å². The van der Waals surface area contributed by atoms with Crippen molar-refractivity contribution >= 4 is 21.7 Å². The van der Waals surface area contributed by atoms with Gasteiger partial charge in [0, 0.05) is 54.5 Å². The quantitative estimate of drug-likeness (QED) is 0.882. The molecule has 2 heterocycles. The number of pyridine rings is 1. The average molecular weight is 353 g/mol. The number of likely N-dealkylation sites (N-methyl/N-ethyl adjacent to an activating group) is 1. The summed E-state index contributed by atoms with van der Waals surface area (Å²) in [5, 5.41) is 3.61. The molecule has 1 aliphatic heterocycles. The third kappa shape index (κ3) is 3.76. The van der Waals surface area contributed by atoms with E-state index in [0.29, 0.717) is 6.04 Å². The maximum atomic E-state index is 4.71. The van der Waals surface area contributed by atoms with Gasteiger partial charge in [0.1, 0.15) is 5.82 Å². The maximum Gasteiger partial charge on any atom is 0.133 e. The van der Waals surface area contributed by atoms with E-state index in [1.165, 1.54) is 18.4 Å². The van der Waals surface area contributed by atoms with Crippen LogP contribution in [0.15, 0.2) is 16.7 Å². The number of anilines is 1. The zero-order valence-electron chi connectivity index (χ0n) is 13.0. The monoisotopic (exact) mass is 352 g/mol. The molecule has 1 aromatic rings. The fourth-order valence-electron chi connectivity index (χ4n) is 3.09. The van der Waals surface area contributed by atoms with E-state index in [4.69, 9.17) is 4.98 Å². The molecule has 1 unspecified atom stereocenters. The van der Waals surface area contributed by atoms with Gasteiger partial charge in [-0.25, -0.2) is 4.98 Å². The van der Waals surface area contributed by atoms with Crippen LogP contribution < -0.4 is 10.2 Å². The van der Waals surface area contributed by atoms with E-state index < -0.39 is 0 Å².